The Morgan fingerprint density at radius 3 is 2.00 bits per heavy atom. The number of carboxylic acid groups (broad SMARTS) is 1. The zero-order chi connectivity index (χ0) is 25.3. The van der Waals surface area contributed by atoms with Gasteiger partial charge in [0.05, 0.1) is 11.1 Å². The lowest BCUT2D eigenvalue weighted by Crippen LogP contribution is -2.26. The van der Waals surface area contributed by atoms with Crippen molar-refractivity contribution in [2.45, 2.75) is 46.0 Å². The predicted molar refractivity (Wildman–Crippen MR) is 126 cm³/mol. The van der Waals surface area contributed by atoms with Crippen molar-refractivity contribution in [2.75, 3.05) is 11.4 Å². The lowest BCUT2D eigenvalue weighted by Gasteiger charge is -2.24. The largest absolute Gasteiger partial charge is 0.478 e. The van der Waals surface area contributed by atoms with Gasteiger partial charge in [0.15, 0.2) is 0 Å². The Kier molecular flexibility index (Phi) is 9.62. The van der Waals surface area contributed by atoms with Crippen molar-refractivity contribution in [1.82, 2.24) is 4.98 Å². The molecular formula is C26H29F3N2O3. The molecule has 34 heavy (non-hydrogen) atoms. The summed E-state index contributed by atoms with van der Waals surface area (Å²) in [6.45, 7) is 6.35. The van der Waals surface area contributed by atoms with E-state index in [0.29, 0.717) is 19.5 Å². The van der Waals surface area contributed by atoms with E-state index < -0.39 is 17.7 Å². The average molecular weight is 475 g/mol. The number of halogens is 3. The van der Waals surface area contributed by atoms with Crippen LogP contribution in [0.25, 0.3) is 0 Å². The molecular weight excluding hydrogens is 445 g/mol. The van der Waals surface area contributed by atoms with Crippen LogP contribution in [0.15, 0.2) is 66.9 Å². The number of anilines is 1. The normalized spacial score (nSPS) is 11.1. The quantitative estimate of drug-likeness (QED) is 0.457. The standard InChI is InChI=1S/C23H21F3N2O2.C3H8O/c1-16-2-11-21(27-14-16)28(13-12-17-3-7-19(8-4-17)22(29)30)15-18-5-9-20(10-6-18)23(24,25)26;1-3(2)4/h2-11,14H,12-13,15H2,1H3,(H,29,30);3-4H,1-2H3. The molecule has 0 atom stereocenters. The van der Waals surface area contributed by atoms with Crippen LogP contribution < -0.4 is 4.90 Å². The van der Waals surface area contributed by atoms with Gasteiger partial charge in [-0.3, -0.25) is 0 Å². The van der Waals surface area contributed by atoms with Gasteiger partial charge in [0.1, 0.15) is 5.82 Å². The molecule has 0 bridgehead atoms. The van der Waals surface area contributed by atoms with Crippen molar-refractivity contribution in [3.63, 3.8) is 0 Å². The van der Waals surface area contributed by atoms with Gasteiger partial charge in [0.25, 0.3) is 0 Å². The van der Waals surface area contributed by atoms with Crippen LogP contribution in [-0.4, -0.2) is 33.8 Å². The number of aromatic carboxylic acids is 1. The summed E-state index contributed by atoms with van der Waals surface area (Å²) in [5, 5.41) is 17.1. The molecule has 0 saturated heterocycles. The van der Waals surface area contributed by atoms with Crippen LogP contribution in [0.3, 0.4) is 0 Å². The van der Waals surface area contributed by atoms with Crippen LogP contribution in [0.1, 0.15) is 46.5 Å². The molecule has 0 aliphatic heterocycles. The minimum atomic E-state index is -4.36. The number of nitrogens with zero attached hydrogens (tertiary/aromatic N) is 2. The number of carbonyl (C=O) groups is 1. The summed E-state index contributed by atoms with van der Waals surface area (Å²) in [5.74, 6) is -0.253. The first-order valence-electron chi connectivity index (χ1n) is 10.8. The van der Waals surface area contributed by atoms with Crippen molar-refractivity contribution < 1.29 is 28.2 Å². The third kappa shape index (κ3) is 8.86. The van der Waals surface area contributed by atoms with E-state index in [1.54, 1.807) is 44.3 Å². The number of aliphatic hydroxyl groups excluding tert-OH is 1. The summed E-state index contributed by atoms with van der Waals surface area (Å²) >= 11 is 0. The number of rotatable bonds is 7. The van der Waals surface area contributed by atoms with Crippen molar-refractivity contribution in [3.05, 3.63) is 94.7 Å². The predicted octanol–water partition coefficient (Wildman–Crippen LogP) is 5.74. The molecule has 0 radical (unpaired) electrons. The summed E-state index contributed by atoms with van der Waals surface area (Å²) in [7, 11) is 0. The highest BCUT2D eigenvalue weighted by Crippen LogP contribution is 2.29. The number of aryl methyl sites for hydroxylation is 1. The molecule has 3 aromatic rings. The highest BCUT2D eigenvalue weighted by Gasteiger charge is 2.30. The number of aliphatic hydroxyl groups is 1. The highest BCUT2D eigenvalue weighted by molar-refractivity contribution is 5.87. The van der Waals surface area contributed by atoms with Crippen LogP contribution in [0.4, 0.5) is 19.0 Å². The molecule has 0 amide bonds. The minimum Gasteiger partial charge on any atom is -0.478 e. The Labute approximate surface area is 197 Å². The number of aromatic nitrogens is 1. The van der Waals surface area contributed by atoms with Crippen LogP contribution in [0.2, 0.25) is 0 Å². The number of alkyl halides is 3. The number of hydrogen-bond acceptors (Lipinski definition) is 4. The summed E-state index contributed by atoms with van der Waals surface area (Å²) in [6.07, 6.45) is -2.15. The van der Waals surface area contributed by atoms with Crippen molar-refractivity contribution in [2.24, 2.45) is 0 Å². The molecule has 1 heterocycles. The van der Waals surface area contributed by atoms with Gasteiger partial charge in [-0.1, -0.05) is 30.3 Å². The van der Waals surface area contributed by atoms with E-state index in [1.807, 2.05) is 24.0 Å². The zero-order valence-electron chi connectivity index (χ0n) is 19.4. The van der Waals surface area contributed by atoms with Gasteiger partial charge in [-0.05, 0) is 74.2 Å². The summed E-state index contributed by atoms with van der Waals surface area (Å²) in [5.41, 5.74) is 2.26. The molecule has 3 rings (SSSR count). The topological polar surface area (TPSA) is 73.7 Å². The molecule has 0 aliphatic carbocycles. The number of benzene rings is 2. The molecule has 0 unspecified atom stereocenters. The Morgan fingerprint density at radius 1 is 0.971 bits per heavy atom. The van der Waals surface area contributed by atoms with Crippen LogP contribution in [-0.2, 0) is 19.1 Å². The van der Waals surface area contributed by atoms with Crippen LogP contribution in [0.5, 0.6) is 0 Å². The highest BCUT2D eigenvalue weighted by atomic mass is 19.4. The maximum absolute atomic E-state index is 12.8. The molecule has 0 spiro atoms. The Balaban J connectivity index is 0.000000945. The summed E-state index contributed by atoms with van der Waals surface area (Å²) in [4.78, 5) is 17.4. The van der Waals surface area contributed by atoms with Crippen molar-refractivity contribution >= 4 is 11.8 Å². The summed E-state index contributed by atoms with van der Waals surface area (Å²) < 4.78 is 38.4. The Hall–Kier alpha value is -3.39. The van der Waals surface area contributed by atoms with Crippen LogP contribution >= 0.6 is 0 Å². The zero-order valence-corrected chi connectivity index (χ0v) is 19.4. The van der Waals surface area contributed by atoms with Gasteiger partial charge in [-0.2, -0.15) is 13.2 Å². The first kappa shape index (κ1) is 26.9. The van der Waals surface area contributed by atoms with Gasteiger partial charge >= 0.3 is 12.1 Å². The molecule has 2 aromatic carbocycles. The van der Waals surface area contributed by atoms with Gasteiger partial charge in [0.2, 0.25) is 0 Å². The Bertz CT molecular complexity index is 1030. The van der Waals surface area contributed by atoms with Gasteiger partial charge in [0, 0.05) is 25.4 Å². The molecule has 0 fully saturated rings. The van der Waals surface area contributed by atoms with Crippen molar-refractivity contribution in [1.29, 1.82) is 0 Å². The van der Waals surface area contributed by atoms with Gasteiger partial charge < -0.3 is 15.1 Å². The van der Waals surface area contributed by atoms with Gasteiger partial charge in [-0.25, -0.2) is 9.78 Å². The molecule has 1 aromatic heterocycles. The molecule has 182 valence electrons. The first-order chi connectivity index (χ1) is 16.0. The third-order valence-electron chi connectivity index (χ3n) is 4.75. The smallest absolute Gasteiger partial charge is 0.416 e. The lowest BCUT2D eigenvalue weighted by molar-refractivity contribution is -0.137. The van der Waals surface area contributed by atoms with E-state index in [-0.39, 0.29) is 11.7 Å². The monoisotopic (exact) mass is 474 g/mol. The lowest BCUT2D eigenvalue weighted by atomic mass is 10.1. The minimum absolute atomic E-state index is 0.167. The Morgan fingerprint density at radius 2 is 1.53 bits per heavy atom. The second kappa shape index (κ2) is 12.2. The molecule has 5 nitrogen and oxygen atoms in total. The SMILES string of the molecule is CC(C)O.Cc1ccc(N(CCc2ccc(C(=O)O)cc2)Cc2ccc(C(F)(F)F)cc2)nc1. The van der Waals surface area contributed by atoms with E-state index in [4.69, 9.17) is 10.2 Å². The van der Waals surface area contributed by atoms with E-state index >= 15 is 0 Å². The molecule has 8 heteroatoms. The second-order valence-corrected chi connectivity index (χ2v) is 8.16. The van der Waals surface area contributed by atoms with E-state index in [1.165, 1.54) is 12.1 Å². The fourth-order valence-corrected chi connectivity index (χ4v) is 3.02. The molecule has 0 saturated carbocycles. The fraction of sp³-hybridized carbons (Fsp3) is 0.308. The molecule has 2 N–H and O–H groups in total. The first-order valence-corrected chi connectivity index (χ1v) is 10.8. The molecule has 0 aliphatic rings. The van der Waals surface area contributed by atoms with Crippen molar-refractivity contribution in [3.8, 4) is 0 Å². The summed E-state index contributed by atoms with van der Waals surface area (Å²) in [6, 6.07) is 15.6. The number of pyridine rings is 1. The maximum Gasteiger partial charge on any atom is 0.416 e. The van der Waals surface area contributed by atoms with Gasteiger partial charge in [-0.15, -0.1) is 0 Å². The van der Waals surface area contributed by atoms with Crippen LogP contribution in [0, 0.1) is 6.92 Å². The third-order valence-corrected chi connectivity index (χ3v) is 4.75. The van der Waals surface area contributed by atoms with E-state index in [9.17, 15) is 18.0 Å². The maximum atomic E-state index is 12.8. The number of carboxylic acids is 1. The number of hydrogen-bond donors (Lipinski definition) is 2. The average Bonchev–Trinajstić information content (AvgIpc) is 2.77. The van der Waals surface area contributed by atoms with E-state index in [0.717, 1.165) is 34.6 Å². The second-order valence-electron chi connectivity index (χ2n) is 8.16. The fourth-order valence-electron chi connectivity index (χ4n) is 3.02. The van der Waals surface area contributed by atoms with E-state index in [2.05, 4.69) is 4.98 Å².